The molecule has 0 radical (unpaired) electrons. The maximum absolute atomic E-state index is 12.4. The Labute approximate surface area is 165 Å². The van der Waals surface area contributed by atoms with Crippen molar-refractivity contribution in [2.24, 2.45) is 0 Å². The maximum Gasteiger partial charge on any atom is 0.307 e. The number of esters is 1. The number of carbonyl (C=O) groups excluding carboxylic acids is 2. The zero-order valence-electron chi connectivity index (χ0n) is 15.6. The topological polar surface area (TPSA) is 94.4 Å². The minimum Gasteiger partial charge on any atom is -0.459 e. The molecule has 9 heteroatoms. The van der Waals surface area contributed by atoms with E-state index in [4.69, 9.17) is 4.74 Å². The molecule has 2 aromatic heterocycles. The van der Waals surface area contributed by atoms with E-state index in [0.717, 1.165) is 0 Å². The number of thiazole rings is 1. The smallest absolute Gasteiger partial charge is 0.307 e. The molecule has 0 bridgehead atoms. The second kappa shape index (κ2) is 8.75. The van der Waals surface area contributed by atoms with E-state index in [1.54, 1.807) is 28.5 Å². The van der Waals surface area contributed by atoms with Crippen LogP contribution in [0.3, 0.4) is 0 Å². The Bertz CT molecular complexity index is 1060. The van der Waals surface area contributed by atoms with Gasteiger partial charge in [-0.1, -0.05) is 12.1 Å². The van der Waals surface area contributed by atoms with E-state index in [1.807, 2.05) is 13.0 Å². The number of ether oxygens (including phenoxy) is 1. The molecule has 0 fully saturated rings. The average molecular weight is 400 g/mol. The van der Waals surface area contributed by atoms with Gasteiger partial charge in [-0.05, 0) is 19.1 Å². The summed E-state index contributed by atoms with van der Waals surface area (Å²) < 4.78 is 6.63. The van der Waals surface area contributed by atoms with E-state index in [2.05, 4.69) is 9.97 Å². The molecular formula is C19H20N4O4S. The van der Waals surface area contributed by atoms with Crippen LogP contribution >= 0.6 is 11.3 Å². The number of nitrogens with zero attached hydrogens (tertiary/aromatic N) is 4. The molecule has 146 valence electrons. The number of aromatic nitrogens is 3. The average Bonchev–Trinajstić information content (AvgIpc) is 3.15. The second-order valence-corrected chi connectivity index (χ2v) is 6.89. The minimum atomic E-state index is -0.437. The first-order valence-corrected chi connectivity index (χ1v) is 9.70. The summed E-state index contributed by atoms with van der Waals surface area (Å²) in [6.45, 7) is 4.08. The van der Waals surface area contributed by atoms with Crippen molar-refractivity contribution in [1.29, 1.82) is 0 Å². The number of benzene rings is 1. The van der Waals surface area contributed by atoms with E-state index in [1.165, 1.54) is 29.2 Å². The Kier molecular flexibility index (Phi) is 6.15. The van der Waals surface area contributed by atoms with Gasteiger partial charge in [0.25, 0.3) is 5.56 Å². The van der Waals surface area contributed by atoms with E-state index >= 15 is 0 Å². The van der Waals surface area contributed by atoms with Crippen LogP contribution < -0.4 is 10.5 Å². The first kappa shape index (κ1) is 19.7. The Morgan fingerprint density at radius 2 is 2.07 bits per heavy atom. The lowest BCUT2D eigenvalue weighted by Crippen LogP contribution is -2.27. The largest absolute Gasteiger partial charge is 0.459 e. The monoisotopic (exact) mass is 400 g/mol. The van der Waals surface area contributed by atoms with E-state index in [9.17, 15) is 14.4 Å². The second-order valence-electron chi connectivity index (χ2n) is 6.06. The molecule has 2 heterocycles. The molecule has 3 aromatic rings. The summed E-state index contributed by atoms with van der Waals surface area (Å²) in [5.74, 6) is -0.525. The molecule has 1 aromatic carbocycles. The number of hydrogen-bond donors (Lipinski definition) is 0. The van der Waals surface area contributed by atoms with Gasteiger partial charge in [0.1, 0.15) is 6.61 Å². The number of amides is 1. The van der Waals surface area contributed by atoms with Gasteiger partial charge in [0.2, 0.25) is 5.91 Å². The van der Waals surface area contributed by atoms with Crippen molar-refractivity contribution < 1.29 is 14.3 Å². The van der Waals surface area contributed by atoms with Crippen LogP contribution in [0.2, 0.25) is 0 Å². The highest BCUT2D eigenvalue weighted by atomic mass is 32.1. The molecule has 3 rings (SSSR count). The lowest BCUT2D eigenvalue weighted by molar-refractivity contribution is -0.145. The van der Waals surface area contributed by atoms with Gasteiger partial charge >= 0.3 is 5.97 Å². The van der Waals surface area contributed by atoms with Crippen LogP contribution in [0.15, 0.2) is 40.8 Å². The number of anilines is 1. The lowest BCUT2D eigenvalue weighted by atomic mass is 10.2. The van der Waals surface area contributed by atoms with E-state index in [0.29, 0.717) is 28.3 Å². The fourth-order valence-corrected chi connectivity index (χ4v) is 3.60. The molecule has 1 amide bonds. The number of para-hydroxylation sites is 1. The van der Waals surface area contributed by atoms with Crippen LogP contribution in [-0.4, -0.2) is 33.0 Å². The molecule has 0 N–H and O–H groups in total. The van der Waals surface area contributed by atoms with Crippen LogP contribution in [0.5, 0.6) is 0 Å². The molecule has 0 aliphatic carbocycles. The maximum atomic E-state index is 12.4. The third kappa shape index (κ3) is 4.42. The van der Waals surface area contributed by atoms with Crippen molar-refractivity contribution in [3.05, 3.63) is 52.0 Å². The van der Waals surface area contributed by atoms with Gasteiger partial charge in [-0.3, -0.25) is 23.9 Å². The standard InChI is InChI=1S/C19H20N4O4S/c1-3-23(13(2)24)19-21-14(11-28-19)10-27-17(25)8-9-22-12-20-16-7-5-4-6-15(16)18(22)26/h4-7,11-12H,3,8-10H2,1-2H3. The summed E-state index contributed by atoms with van der Waals surface area (Å²) in [4.78, 5) is 46.1. The van der Waals surface area contributed by atoms with Gasteiger partial charge in [-0.15, -0.1) is 11.3 Å². The van der Waals surface area contributed by atoms with E-state index in [-0.39, 0.29) is 31.0 Å². The van der Waals surface area contributed by atoms with Crippen molar-refractivity contribution in [3.63, 3.8) is 0 Å². The number of carbonyl (C=O) groups is 2. The summed E-state index contributed by atoms with van der Waals surface area (Å²) in [6.07, 6.45) is 1.48. The molecular weight excluding hydrogens is 380 g/mol. The zero-order chi connectivity index (χ0) is 20.1. The van der Waals surface area contributed by atoms with Crippen LogP contribution in [0.25, 0.3) is 10.9 Å². The normalized spacial score (nSPS) is 10.8. The van der Waals surface area contributed by atoms with Crippen LogP contribution in [0.1, 0.15) is 26.0 Å². The predicted molar refractivity (Wildman–Crippen MR) is 106 cm³/mol. The molecule has 28 heavy (non-hydrogen) atoms. The van der Waals surface area contributed by atoms with Crippen molar-refractivity contribution in [2.75, 3.05) is 11.4 Å². The van der Waals surface area contributed by atoms with Gasteiger partial charge in [0.15, 0.2) is 5.13 Å². The highest BCUT2D eigenvalue weighted by Crippen LogP contribution is 2.21. The van der Waals surface area contributed by atoms with Gasteiger partial charge in [-0.25, -0.2) is 9.97 Å². The van der Waals surface area contributed by atoms with Crippen molar-refractivity contribution in [1.82, 2.24) is 14.5 Å². The molecule has 0 saturated heterocycles. The molecule has 8 nitrogen and oxygen atoms in total. The van der Waals surface area contributed by atoms with Crippen LogP contribution in [0, 0.1) is 0 Å². The van der Waals surface area contributed by atoms with Gasteiger partial charge in [0, 0.05) is 25.4 Å². The molecule has 0 atom stereocenters. The van der Waals surface area contributed by atoms with Gasteiger partial charge < -0.3 is 4.74 Å². The number of rotatable bonds is 7. The number of fused-ring (bicyclic) bond motifs is 1. The Hall–Kier alpha value is -3.07. The summed E-state index contributed by atoms with van der Waals surface area (Å²) in [7, 11) is 0. The Morgan fingerprint density at radius 3 is 2.82 bits per heavy atom. The summed E-state index contributed by atoms with van der Waals surface area (Å²) in [6, 6.07) is 7.07. The predicted octanol–water partition coefficient (Wildman–Crippen LogP) is 2.36. The first-order chi connectivity index (χ1) is 13.5. The SMILES string of the molecule is CCN(C(C)=O)c1nc(COC(=O)CCn2cnc3ccccc3c2=O)cs1. The third-order valence-electron chi connectivity index (χ3n) is 4.14. The number of hydrogen-bond acceptors (Lipinski definition) is 7. The summed E-state index contributed by atoms with van der Waals surface area (Å²) in [5, 5.41) is 2.85. The molecule has 0 unspecified atom stereocenters. The van der Waals surface area contributed by atoms with Crippen LogP contribution in [-0.2, 0) is 27.5 Å². The lowest BCUT2D eigenvalue weighted by Gasteiger charge is -2.14. The molecule has 0 spiro atoms. The first-order valence-electron chi connectivity index (χ1n) is 8.82. The number of aryl methyl sites for hydroxylation is 1. The van der Waals surface area contributed by atoms with Gasteiger partial charge in [0.05, 0.1) is 29.3 Å². The molecule has 0 aliphatic heterocycles. The quantitative estimate of drug-likeness (QED) is 0.565. The Balaban J connectivity index is 1.56. The fourth-order valence-electron chi connectivity index (χ4n) is 2.68. The highest BCUT2D eigenvalue weighted by Gasteiger charge is 2.14. The third-order valence-corrected chi connectivity index (χ3v) is 5.05. The van der Waals surface area contributed by atoms with Crippen LogP contribution in [0.4, 0.5) is 5.13 Å². The van der Waals surface area contributed by atoms with Crippen molar-refractivity contribution >= 4 is 39.2 Å². The van der Waals surface area contributed by atoms with Gasteiger partial charge in [-0.2, -0.15) is 0 Å². The highest BCUT2D eigenvalue weighted by molar-refractivity contribution is 7.14. The summed E-state index contributed by atoms with van der Waals surface area (Å²) in [5.41, 5.74) is 1.02. The summed E-state index contributed by atoms with van der Waals surface area (Å²) >= 11 is 1.32. The Morgan fingerprint density at radius 1 is 1.29 bits per heavy atom. The van der Waals surface area contributed by atoms with E-state index < -0.39 is 5.97 Å². The fraction of sp³-hybridized carbons (Fsp3) is 0.316. The molecule has 0 aliphatic rings. The zero-order valence-corrected chi connectivity index (χ0v) is 16.4. The van der Waals surface area contributed by atoms with Crippen molar-refractivity contribution in [3.8, 4) is 0 Å². The minimum absolute atomic E-state index is 0.0235. The molecule has 0 saturated carbocycles. The van der Waals surface area contributed by atoms with Crippen molar-refractivity contribution in [2.45, 2.75) is 33.4 Å².